The van der Waals surface area contributed by atoms with Gasteiger partial charge in [0.05, 0.1) is 23.7 Å². The Kier molecular flexibility index (Phi) is 2.91. The summed E-state index contributed by atoms with van der Waals surface area (Å²) in [6.07, 6.45) is 0. The molecule has 116 valence electrons. The molecular weight excluding hydrogens is 314 g/mol. The summed E-state index contributed by atoms with van der Waals surface area (Å²) in [6.45, 7) is 0. The first kappa shape index (κ1) is 13.6. The molecule has 0 saturated heterocycles. The van der Waals surface area contributed by atoms with Crippen molar-refractivity contribution in [2.75, 3.05) is 7.11 Å². The van der Waals surface area contributed by atoms with Crippen LogP contribution < -0.4 is 4.74 Å². The number of para-hydroxylation sites is 1. The normalized spacial score (nSPS) is 11.5. The minimum Gasteiger partial charge on any atom is -0.497 e. The molecule has 0 spiro atoms. The molecule has 0 atom stereocenters. The van der Waals surface area contributed by atoms with Crippen LogP contribution in [0.25, 0.3) is 38.4 Å². The van der Waals surface area contributed by atoms with E-state index in [1.807, 2.05) is 6.07 Å². The van der Waals surface area contributed by atoms with Gasteiger partial charge in [-0.3, -0.25) is 0 Å². The number of ether oxygens (including phenoxy) is 1. The van der Waals surface area contributed by atoms with Crippen molar-refractivity contribution in [1.29, 1.82) is 0 Å². The zero-order valence-corrected chi connectivity index (χ0v) is 14.0. The average Bonchev–Trinajstić information content (AvgIpc) is 3.28. The summed E-state index contributed by atoms with van der Waals surface area (Å²) in [5.41, 5.74) is 6.21. The largest absolute Gasteiger partial charge is 0.497 e. The van der Waals surface area contributed by atoms with Gasteiger partial charge in [0, 0.05) is 10.9 Å². The second kappa shape index (κ2) is 5.11. The number of rotatable bonds is 2. The van der Waals surface area contributed by atoms with E-state index in [2.05, 4.69) is 69.8 Å². The van der Waals surface area contributed by atoms with E-state index in [0.717, 1.165) is 5.75 Å². The van der Waals surface area contributed by atoms with E-state index >= 15 is 0 Å². The van der Waals surface area contributed by atoms with Gasteiger partial charge in [-0.15, -0.1) is 0 Å². The van der Waals surface area contributed by atoms with Gasteiger partial charge in [-0.1, -0.05) is 18.2 Å². The van der Waals surface area contributed by atoms with Gasteiger partial charge < -0.3 is 9.14 Å². The van der Waals surface area contributed by atoms with E-state index in [1.165, 1.54) is 38.4 Å². The van der Waals surface area contributed by atoms with Crippen LogP contribution >= 0.6 is 11.3 Å². The van der Waals surface area contributed by atoms with Crippen molar-refractivity contribution in [3.8, 4) is 16.9 Å². The molecule has 0 saturated carbocycles. The van der Waals surface area contributed by atoms with Crippen LogP contribution in [-0.2, 0) is 0 Å². The molecule has 5 aromatic rings. The topological polar surface area (TPSA) is 13.6 Å². The molecule has 5 rings (SSSR count). The van der Waals surface area contributed by atoms with Crippen LogP contribution in [0.3, 0.4) is 0 Å². The molecule has 0 aliphatic heterocycles. The number of thiophene rings is 1. The van der Waals surface area contributed by atoms with E-state index in [1.54, 1.807) is 18.4 Å². The Balaban J connectivity index is 2.01. The quantitative estimate of drug-likeness (QED) is 0.388. The van der Waals surface area contributed by atoms with Crippen molar-refractivity contribution >= 4 is 38.7 Å². The highest BCUT2D eigenvalue weighted by atomic mass is 32.1. The maximum atomic E-state index is 5.40. The maximum absolute atomic E-state index is 5.40. The van der Waals surface area contributed by atoms with Crippen LogP contribution in [0, 0.1) is 0 Å². The SMILES string of the molecule is COc1ccc2c(c1)cc1c(-c3ccsc3)cc3ccccc3n12. The highest BCUT2D eigenvalue weighted by molar-refractivity contribution is 7.08. The van der Waals surface area contributed by atoms with E-state index in [-0.39, 0.29) is 0 Å². The summed E-state index contributed by atoms with van der Waals surface area (Å²) in [6, 6.07) is 21.6. The van der Waals surface area contributed by atoms with Gasteiger partial charge >= 0.3 is 0 Å². The fraction of sp³-hybridized carbons (Fsp3) is 0.0476. The van der Waals surface area contributed by atoms with Gasteiger partial charge in [-0.25, -0.2) is 0 Å². The lowest BCUT2D eigenvalue weighted by molar-refractivity contribution is 0.415. The van der Waals surface area contributed by atoms with Gasteiger partial charge in [0.15, 0.2) is 0 Å². The monoisotopic (exact) mass is 329 g/mol. The molecule has 0 N–H and O–H groups in total. The molecule has 24 heavy (non-hydrogen) atoms. The zero-order chi connectivity index (χ0) is 16.1. The Morgan fingerprint density at radius 2 is 1.71 bits per heavy atom. The smallest absolute Gasteiger partial charge is 0.119 e. The minimum atomic E-state index is 0.889. The Labute approximate surface area is 143 Å². The summed E-state index contributed by atoms with van der Waals surface area (Å²) in [5, 5.41) is 6.79. The van der Waals surface area contributed by atoms with Crippen LogP contribution in [0.2, 0.25) is 0 Å². The Morgan fingerprint density at radius 1 is 0.833 bits per heavy atom. The highest BCUT2D eigenvalue weighted by Gasteiger charge is 2.13. The molecule has 0 unspecified atom stereocenters. The third kappa shape index (κ3) is 1.88. The summed E-state index contributed by atoms with van der Waals surface area (Å²) in [5.74, 6) is 0.889. The summed E-state index contributed by atoms with van der Waals surface area (Å²) in [4.78, 5) is 0. The van der Waals surface area contributed by atoms with Gasteiger partial charge in [-0.05, 0) is 64.2 Å². The molecule has 0 fully saturated rings. The molecule has 2 aromatic carbocycles. The third-order valence-electron chi connectivity index (χ3n) is 4.59. The first-order chi connectivity index (χ1) is 11.8. The predicted octanol–water partition coefficient (Wildman–Crippen LogP) is 5.98. The lowest BCUT2D eigenvalue weighted by atomic mass is 10.1. The van der Waals surface area contributed by atoms with E-state index in [9.17, 15) is 0 Å². The lowest BCUT2D eigenvalue weighted by Gasteiger charge is -2.09. The fourth-order valence-electron chi connectivity index (χ4n) is 3.47. The number of aromatic nitrogens is 1. The van der Waals surface area contributed by atoms with Crippen LogP contribution in [0.15, 0.2) is 71.4 Å². The Bertz CT molecular complexity index is 1190. The number of methoxy groups -OCH3 is 1. The number of nitrogens with zero attached hydrogens (tertiary/aromatic N) is 1. The molecule has 3 heteroatoms. The minimum absolute atomic E-state index is 0.889. The molecule has 0 amide bonds. The Hall–Kier alpha value is -2.78. The first-order valence-corrected chi connectivity index (χ1v) is 8.83. The molecule has 2 nitrogen and oxygen atoms in total. The number of hydrogen-bond donors (Lipinski definition) is 0. The highest BCUT2D eigenvalue weighted by Crippen LogP contribution is 2.35. The molecule has 3 aromatic heterocycles. The number of pyridine rings is 1. The summed E-state index contributed by atoms with van der Waals surface area (Å²) < 4.78 is 7.76. The van der Waals surface area contributed by atoms with Crippen molar-refractivity contribution in [1.82, 2.24) is 4.40 Å². The molecule has 0 aliphatic rings. The van der Waals surface area contributed by atoms with Crippen molar-refractivity contribution in [3.05, 3.63) is 71.4 Å². The van der Waals surface area contributed by atoms with Crippen LogP contribution in [0.5, 0.6) is 5.75 Å². The van der Waals surface area contributed by atoms with Gasteiger partial charge in [-0.2, -0.15) is 11.3 Å². The molecule has 0 radical (unpaired) electrons. The first-order valence-electron chi connectivity index (χ1n) is 7.89. The van der Waals surface area contributed by atoms with Crippen molar-refractivity contribution in [3.63, 3.8) is 0 Å². The average molecular weight is 329 g/mol. The Morgan fingerprint density at radius 3 is 2.54 bits per heavy atom. The van der Waals surface area contributed by atoms with Crippen LogP contribution in [0.4, 0.5) is 0 Å². The van der Waals surface area contributed by atoms with Gasteiger partial charge in [0.1, 0.15) is 5.75 Å². The van der Waals surface area contributed by atoms with Crippen molar-refractivity contribution < 1.29 is 4.74 Å². The number of fused-ring (bicyclic) bond motifs is 5. The van der Waals surface area contributed by atoms with Gasteiger partial charge in [0.25, 0.3) is 0 Å². The summed E-state index contributed by atoms with van der Waals surface area (Å²) >= 11 is 1.73. The van der Waals surface area contributed by atoms with Crippen LogP contribution in [0.1, 0.15) is 0 Å². The maximum Gasteiger partial charge on any atom is 0.119 e. The zero-order valence-electron chi connectivity index (χ0n) is 13.2. The van der Waals surface area contributed by atoms with E-state index in [4.69, 9.17) is 4.74 Å². The van der Waals surface area contributed by atoms with Crippen LogP contribution in [-0.4, -0.2) is 11.5 Å². The van der Waals surface area contributed by atoms with E-state index in [0.29, 0.717) is 0 Å². The third-order valence-corrected chi connectivity index (χ3v) is 5.28. The van der Waals surface area contributed by atoms with E-state index < -0.39 is 0 Å². The number of benzene rings is 2. The van der Waals surface area contributed by atoms with Gasteiger partial charge in [0.2, 0.25) is 0 Å². The van der Waals surface area contributed by atoms with Crippen molar-refractivity contribution in [2.45, 2.75) is 0 Å². The molecule has 0 aliphatic carbocycles. The summed E-state index contributed by atoms with van der Waals surface area (Å²) in [7, 11) is 1.71. The lowest BCUT2D eigenvalue weighted by Crippen LogP contribution is -1.91. The van der Waals surface area contributed by atoms with Crippen molar-refractivity contribution in [2.24, 2.45) is 0 Å². The number of hydrogen-bond acceptors (Lipinski definition) is 2. The molecule has 3 heterocycles. The fourth-order valence-corrected chi connectivity index (χ4v) is 4.13. The molecule has 0 bridgehead atoms. The predicted molar refractivity (Wildman–Crippen MR) is 102 cm³/mol. The second-order valence-electron chi connectivity index (χ2n) is 5.92. The standard InChI is InChI=1S/C21H15NOS/c1-23-17-6-7-20-16(10-17)12-21-18(15-8-9-24-13-15)11-14-4-2-3-5-19(14)22(20)21/h2-13H,1H3. The second-order valence-corrected chi connectivity index (χ2v) is 6.70. The molecular formula is C21H15NOS.